The van der Waals surface area contributed by atoms with Gasteiger partial charge >= 0.3 is 0 Å². The molecule has 6 heteroatoms. The predicted molar refractivity (Wildman–Crippen MR) is 58.5 cm³/mol. The summed E-state index contributed by atoms with van der Waals surface area (Å²) in [4.78, 5) is 4.15. The zero-order chi connectivity index (χ0) is 11.5. The van der Waals surface area contributed by atoms with Crippen LogP contribution >= 0.6 is 0 Å². The van der Waals surface area contributed by atoms with E-state index < -0.39 is 0 Å². The van der Waals surface area contributed by atoms with E-state index in [1.54, 1.807) is 23.7 Å². The summed E-state index contributed by atoms with van der Waals surface area (Å²) in [5, 5.41) is 19.5. The first kappa shape index (κ1) is 10.1. The molecule has 0 unspecified atom stereocenters. The van der Waals surface area contributed by atoms with E-state index in [1.807, 2.05) is 13.1 Å². The third kappa shape index (κ3) is 1.59. The van der Waals surface area contributed by atoms with Crippen LogP contribution in [-0.2, 0) is 7.05 Å². The maximum atomic E-state index is 8.66. The average molecular weight is 214 g/mol. The Bertz CT molecular complexity index is 533. The van der Waals surface area contributed by atoms with Crippen molar-refractivity contribution in [3.05, 3.63) is 23.9 Å². The van der Waals surface area contributed by atoms with Crippen molar-refractivity contribution in [1.82, 2.24) is 19.7 Å². The summed E-state index contributed by atoms with van der Waals surface area (Å²) >= 11 is 0. The van der Waals surface area contributed by atoms with Crippen LogP contribution in [0.3, 0.4) is 0 Å². The van der Waals surface area contributed by atoms with Gasteiger partial charge in [-0.15, -0.1) is 10.2 Å². The van der Waals surface area contributed by atoms with Crippen molar-refractivity contribution in [3.8, 4) is 17.6 Å². The second-order valence-corrected chi connectivity index (χ2v) is 3.20. The highest BCUT2D eigenvalue weighted by atomic mass is 15.3. The van der Waals surface area contributed by atoms with E-state index in [0.29, 0.717) is 23.0 Å². The van der Waals surface area contributed by atoms with Crippen molar-refractivity contribution in [2.24, 2.45) is 7.05 Å². The number of nitriles is 1. The first-order chi connectivity index (χ1) is 7.76. The molecule has 2 heterocycles. The van der Waals surface area contributed by atoms with Crippen LogP contribution in [0.2, 0.25) is 0 Å². The highest BCUT2D eigenvalue weighted by Crippen LogP contribution is 2.16. The largest absolute Gasteiger partial charge is 0.357 e. The SMILES string of the molecule is CNc1nnc(-c2ccc(C#N)cn2)n1C. The zero-order valence-electron chi connectivity index (χ0n) is 8.97. The minimum Gasteiger partial charge on any atom is -0.357 e. The van der Waals surface area contributed by atoms with Crippen molar-refractivity contribution in [2.75, 3.05) is 12.4 Å². The first-order valence-corrected chi connectivity index (χ1v) is 4.70. The van der Waals surface area contributed by atoms with E-state index in [2.05, 4.69) is 20.5 Å². The highest BCUT2D eigenvalue weighted by Gasteiger charge is 2.10. The zero-order valence-corrected chi connectivity index (χ0v) is 8.97. The topological polar surface area (TPSA) is 79.4 Å². The molecule has 0 aliphatic heterocycles. The summed E-state index contributed by atoms with van der Waals surface area (Å²) < 4.78 is 1.80. The monoisotopic (exact) mass is 214 g/mol. The van der Waals surface area contributed by atoms with Crippen molar-refractivity contribution in [3.63, 3.8) is 0 Å². The van der Waals surface area contributed by atoms with Crippen LogP contribution in [0.5, 0.6) is 0 Å². The number of anilines is 1. The Morgan fingerprint density at radius 3 is 2.69 bits per heavy atom. The standard InChI is InChI=1S/C10H10N6/c1-12-10-15-14-9(16(10)2)8-4-3-7(5-11)6-13-8/h3-4,6H,1-2H3,(H,12,15). The molecule has 0 aliphatic carbocycles. The second-order valence-electron chi connectivity index (χ2n) is 3.20. The van der Waals surface area contributed by atoms with E-state index in [1.165, 1.54) is 6.20 Å². The van der Waals surface area contributed by atoms with Gasteiger partial charge < -0.3 is 5.32 Å². The highest BCUT2D eigenvalue weighted by molar-refractivity contribution is 5.53. The summed E-state index contributed by atoms with van der Waals surface area (Å²) in [6.07, 6.45) is 1.52. The molecule has 6 nitrogen and oxygen atoms in total. The van der Waals surface area contributed by atoms with Gasteiger partial charge in [0, 0.05) is 20.3 Å². The smallest absolute Gasteiger partial charge is 0.224 e. The Kier molecular flexibility index (Phi) is 2.52. The predicted octanol–water partition coefficient (Wildman–Crippen LogP) is 0.790. The molecule has 0 saturated heterocycles. The molecule has 0 aromatic carbocycles. The molecule has 2 aromatic heterocycles. The lowest BCUT2D eigenvalue weighted by Crippen LogP contribution is -2.00. The van der Waals surface area contributed by atoms with Crippen LogP contribution < -0.4 is 5.32 Å². The van der Waals surface area contributed by atoms with Crippen molar-refractivity contribution in [2.45, 2.75) is 0 Å². The molecule has 0 saturated carbocycles. The Balaban J connectivity index is 2.43. The van der Waals surface area contributed by atoms with E-state index in [4.69, 9.17) is 5.26 Å². The third-order valence-electron chi connectivity index (χ3n) is 2.22. The number of hydrogen-bond donors (Lipinski definition) is 1. The molecular weight excluding hydrogens is 204 g/mol. The van der Waals surface area contributed by atoms with Gasteiger partial charge in [0.2, 0.25) is 5.95 Å². The summed E-state index contributed by atoms with van der Waals surface area (Å²) in [6.45, 7) is 0. The fourth-order valence-corrected chi connectivity index (χ4v) is 1.36. The molecular formula is C10H10N6. The Morgan fingerprint density at radius 2 is 2.19 bits per heavy atom. The van der Waals surface area contributed by atoms with Crippen LogP contribution in [0.1, 0.15) is 5.56 Å². The molecule has 0 atom stereocenters. The van der Waals surface area contributed by atoms with Gasteiger partial charge in [0.15, 0.2) is 5.82 Å². The lowest BCUT2D eigenvalue weighted by Gasteiger charge is -2.01. The summed E-state index contributed by atoms with van der Waals surface area (Å²) in [5.41, 5.74) is 1.22. The molecule has 0 fully saturated rings. The summed E-state index contributed by atoms with van der Waals surface area (Å²) in [5.74, 6) is 1.33. The number of hydrogen-bond acceptors (Lipinski definition) is 5. The van der Waals surface area contributed by atoms with Gasteiger partial charge in [-0.2, -0.15) is 5.26 Å². The van der Waals surface area contributed by atoms with Gasteiger partial charge in [-0.1, -0.05) is 0 Å². The first-order valence-electron chi connectivity index (χ1n) is 4.70. The van der Waals surface area contributed by atoms with Gasteiger partial charge in [0.05, 0.1) is 5.56 Å². The second kappa shape index (κ2) is 3.98. The Morgan fingerprint density at radius 1 is 1.38 bits per heavy atom. The summed E-state index contributed by atoms with van der Waals surface area (Å²) in [6, 6.07) is 5.48. The number of nitrogens with one attached hydrogen (secondary N) is 1. The summed E-state index contributed by atoms with van der Waals surface area (Å²) in [7, 11) is 3.63. The van der Waals surface area contributed by atoms with Gasteiger partial charge in [-0.05, 0) is 12.1 Å². The Labute approximate surface area is 92.6 Å². The molecule has 0 bridgehead atoms. The quantitative estimate of drug-likeness (QED) is 0.799. The van der Waals surface area contributed by atoms with Gasteiger partial charge in [-0.25, -0.2) is 0 Å². The van der Waals surface area contributed by atoms with Crippen molar-refractivity contribution in [1.29, 1.82) is 5.26 Å². The lowest BCUT2D eigenvalue weighted by atomic mass is 10.2. The van der Waals surface area contributed by atoms with Crippen molar-refractivity contribution < 1.29 is 0 Å². The number of pyridine rings is 1. The number of nitrogens with zero attached hydrogens (tertiary/aromatic N) is 5. The molecule has 0 aliphatic rings. The van der Waals surface area contributed by atoms with Crippen LogP contribution in [0.15, 0.2) is 18.3 Å². The van der Waals surface area contributed by atoms with Crippen molar-refractivity contribution >= 4 is 5.95 Å². The fourth-order valence-electron chi connectivity index (χ4n) is 1.36. The lowest BCUT2D eigenvalue weighted by molar-refractivity contribution is 0.919. The molecule has 1 N–H and O–H groups in total. The van der Waals surface area contributed by atoms with E-state index >= 15 is 0 Å². The number of rotatable bonds is 2. The maximum Gasteiger partial charge on any atom is 0.224 e. The van der Waals surface area contributed by atoms with Crippen LogP contribution in [0, 0.1) is 11.3 Å². The average Bonchev–Trinajstić information content (AvgIpc) is 2.70. The van der Waals surface area contributed by atoms with Gasteiger partial charge in [0.1, 0.15) is 11.8 Å². The van der Waals surface area contributed by atoms with Crippen LogP contribution in [0.25, 0.3) is 11.5 Å². The van der Waals surface area contributed by atoms with E-state index in [-0.39, 0.29) is 0 Å². The molecule has 80 valence electrons. The molecule has 0 spiro atoms. The van der Waals surface area contributed by atoms with E-state index in [0.717, 1.165) is 0 Å². The van der Waals surface area contributed by atoms with E-state index in [9.17, 15) is 0 Å². The maximum absolute atomic E-state index is 8.66. The molecule has 0 amide bonds. The normalized spacial score (nSPS) is 9.81. The van der Waals surface area contributed by atoms with Gasteiger partial charge in [-0.3, -0.25) is 9.55 Å². The molecule has 2 aromatic rings. The Hall–Kier alpha value is -2.42. The fraction of sp³-hybridized carbons (Fsp3) is 0.200. The number of aromatic nitrogens is 4. The third-order valence-corrected chi connectivity index (χ3v) is 2.22. The molecule has 16 heavy (non-hydrogen) atoms. The van der Waals surface area contributed by atoms with Gasteiger partial charge in [0.25, 0.3) is 0 Å². The minimum atomic E-state index is 0.528. The molecule has 2 rings (SSSR count). The molecule has 0 radical (unpaired) electrons. The minimum absolute atomic E-state index is 0.528. The van der Waals surface area contributed by atoms with Crippen LogP contribution in [-0.4, -0.2) is 26.8 Å². The van der Waals surface area contributed by atoms with Crippen LogP contribution in [0.4, 0.5) is 5.95 Å².